The van der Waals surface area contributed by atoms with Crippen molar-refractivity contribution >= 4 is 11.6 Å². The molecule has 0 aliphatic carbocycles. The van der Waals surface area contributed by atoms with Gasteiger partial charge in [0.1, 0.15) is 0 Å². The molecular formula is C15H22N2O2. The summed E-state index contributed by atoms with van der Waals surface area (Å²) in [5, 5.41) is 9.48. The second-order valence-electron chi connectivity index (χ2n) is 4.91. The Balaban J connectivity index is 2.07. The molecule has 1 unspecified atom stereocenters. The molecule has 0 radical (unpaired) electrons. The zero-order valence-corrected chi connectivity index (χ0v) is 11.7. The summed E-state index contributed by atoms with van der Waals surface area (Å²) in [4.78, 5) is 16.2. The third-order valence-electron chi connectivity index (χ3n) is 3.69. The first-order valence-corrected chi connectivity index (χ1v) is 6.98. The molecule has 0 spiro atoms. The Hall–Kier alpha value is -1.55. The van der Waals surface area contributed by atoms with Crippen molar-refractivity contribution in [3.63, 3.8) is 0 Å². The van der Waals surface area contributed by atoms with Crippen LogP contribution in [0.15, 0.2) is 24.3 Å². The molecule has 4 nitrogen and oxygen atoms in total. The van der Waals surface area contributed by atoms with E-state index in [1.807, 2.05) is 24.3 Å². The Morgan fingerprint density at radius 3 is 2.42 bits per heavy atom. The first-order chi connectivity index (χ1) is 9.15. The van der Waals surface area contributed by atoms with Crippen LogP contribution in [0.25, 0.3) is 0 Å². The summed E-state index contributed by atoms with van der Waals surface area (Å²) in [5.41, 5.74) is 1.84. The molecule has 1 atom stereocenters. The number of hydrogen-bond acceptors (Lipinski definition) is 3. The van der Waals surface area contributed by atoms with Gasteiger partial charge in [0.05, 0.1) is 6.10 Å². The molecule has 1 N–H and O–H groups in total. The Labute approximate surface area is 114 Å². The van der Waals surface area contributed by atoms with Crippen molar-refractivity contribution in [3.8, 4) is 0 Å². The van der Waals surface area contributed by atoms with Crippen molar-refractivity contribution in [3.05, 3.63) is 29.8 Å². The number of benzene rings is 1. The molecular weight excluding hydrogens is 240 g/mol. The van der Waals surface area contributed by atoms with Crippen LogP contribution < -0.4 is 4.90 Å². The lowest BCUT2D eigenvalue weighted by molar-refractivity contribution is 0.0765. The third-order valence-corrected chi connectivity index (χ3v) is 3.69. The van der Waals surface area contributed by atoms with Crippen LogP contribution in [-0.2, 0) is 0 Å². The van der Waals surface area contributed by atoms with E-state index in [0.717, 1.165) is 18.8 Å². The Morgan fingerprint density at radius 1 is 1.32 bits per heavy atom. The fourth-order valence-corrected chi connectivity index (χ4v) is 2.51. The minimum absolute atomic E-state index is 0.0163. The number of hydrogen-bond donors (Lipinski definition) is 1. The average molecular weight is 262 g/mol. The minimum atomic E-state index is -0.362. The maximum atomic E-state index is 12.2. The largest absolute Gasteiger partial charge is 0.391 e. The molecule has 2 rings (SSSR count). The van der Waals surface area contributed by atoms with E-state index in [1.54, 1.807) is 4.90 Å². The molecule has 1 fully saturated rings. The van der Waals surface area contributed by atoms with Gasteiger partial charge in [-0.15, -0.1) is 0 Å². The number of amides is 1. The molecule has 1 aromatic rings. The van der Waals surface area contributed by atoms with E-state index in [1.165, 1.54) is 0 Å². The summed E-state index contributed by atoms with van der Waals surface area (Å²) in [6.07, 6.45) is 0.322. The maximum absolute atomic E-state index is 12.2. The first kappa shape index (κ1) is 13.9. The SMILES string of the molecule is CCN(CC)c1ccc(C(=O)N2CCC(O)C2)cc1. The van der Waals surface area contributed by atoms with Gasteiger partial charge in [0.15, 0.2) is 0 Å². The molecule has 1 aliphatic rings. The van der Waals surface area contributed by atoms with Crippen LogP contribution >= 0.6 is 0 Å². The highest BCUT2D eigenvalue weighted by molar-refractivity contribution is 5.94. The van der Waals surface area contributed by atoms with Crippen molar-refractivity contribution in [1.29, 1.82) is 0 Å². The standard InChI is InChI=1S/C15H22N2O2/c1-3-16(4-2)13-7-5-12(6-8-13)15(19)17-10-9-14(18)11-17/h5-8,14,18H,3-4,9-11H2,1-2H3. The van der Waals surface area contributed by atoms with E-state index >= 15 is 0 Å². The van der Waals surface area contributed by atoms with Crippen LogP contribution in [0.3, 0.4) is 0 Å². The van der Waals surface area contributed by atoms with Gasteiger partial charge in [-0.25, -0.2) is 0 Å². The Morgan fingerprint density at radius 2 is 1.95 bits per heavy atom. The van der Waals surface area contributed by atoms with Gasteiger partial charge in [-0.05, 0) is 44.5 Å². The van der Waals surface area contributed by atoms with Gasteiger partial charge in [0.2, 0.25) is 0 Å². The summed E-state index contributed by atoms with van der Waals surface area (Å²) in [5.74, 6) is 0.0163. The number of aliphatic hydroxyl groups is 1. The quantitative estimate of drug-likeness (QED) is 0.899. The van der Waals surface area contributed by atoms with Gasteiger partial charge in [0.25, 0.3) is 5.91 Å². The lowest BCUT2D eigenvalue weighted by Gasteiger charge is -2.21. The zero-order valence-electron chi connectivity index (χ0n) is 11.7. The Bertz CT molecular complexity index is 426. The highest BCUT2D eigenvalue weighted by Crippen LogP contribution is 2.18. The minimum Gasteiger partial charge on any atom is -0.391 e. The second-order valence-corrected chi connectivity index (χ2v) is 4.91. The van der Waals surface area contributed by atoms with E-state index < -0.39 is 0 Å². The smallest absolute Gasteiger partial charge is 0.253 e. The number of rotatable bonds is 4. The predicted octanol–water partition coefficient (Wildman–Crippen LogP) is 1.74. The molecule has 0 aromatic heterocycles. The van der Waals surface area contributed by atoms with E-state index in [4.69, 9.17) is 0 Å². The van der Waals surface area contributed by atoms with E-state index in [9.17, 15) is 9.90 Å². The van der Waals surface area contributed by atoms with Gasteiger partial charge in [-0.1, -0.05) is 0 Å². The van der Waals surface area contributed by atoms with Gasteiger partial charge in [-0.3, -0.25) is 4.79 Å². The number of β-amino-alcohol motifs (C(OH)–C–C–N with tert-alkyl or cyclic N) is 1. The number of carbonyl (C=O) groups is 1. The highest BCUT2D eigenvalue weighted by atomic mass is 16.3. The fourth-order valence-electron chi connectivity index (χ4n) is 2.51. The van der Waals surface area contributed by atoms with E-state index in [-0.39, 0.29) is 12.0 Å². The van der Waals surface area contributed by atoms with Crippen LogP contribution in [-0.4, -0.2) is 48.2 Å². The molecule has 1 amide bonds. The summed E-state index contributed by atoms with van der Waals surface area (Å²) < 4.78 is 0. The highest BCUT2D eigenvalue weighted by Gasteiger charge is 2.25. The van der Waals surface area contributed by atoms with Gasteiger partial charge in [-0.2, -0.15) is 0 Å². The summed E-state index contributed by atoms with van der Waals surface area (Å²) in [6.45, 7) is 7.26. The van der Waals surface area contributed by atoms with Crippen molar-refractivity contribution < 1.29 is 9.90 Å². The maximum Gasteiger partial charge on any atom is 0.253 e. The molecule has 1 saturated heterocycles. The lowest BCUT2D eigenvalue weighted by Crippen LogP contribution is -2.29. The summed E-state index contributed by atoms with van der Waals surface area (Å²) in [7, 11) is 0. The topological polar surface area (TPSA) is 43.8 Å². The van der Waals surface area contributed by atoms with Gasteiger partial charge < -0.3 is 14.9 Å². The third kappa shape index (κ3) is 3.07. The van der Waals surface area contributed by atoms with Crippen molar-refractivity contribution in [2.75, 3.05) is 31.1 Å². The van der Waals surface area contributed by atoms with Crippen molar-refractivity contribution in [2.24, 2.45) is 0 Å². The van der Waals surface area contributed by atoms with Gasteiger partial charge >= 0.3 is 0 Å². The second kappa shape index (κ2) is 6.06. The molecule has 1 aliphatic heterocycles. The number of anilines is 1. The molecule has 4 heteroatoms. The molecule has 0 bridgehead atoms. The zero-order chi connectivity index (χ0) is 13.8. The monoisotopic (exact) mass is 262 g/mol. The van der Waals surface area contributed by atoms with Gasteiger partial charge in [0, 0.05) is 37.4 Å². The van der Waals surface area contributed by atoms with Crippen molar-refractivity contribution in [1.82, 2.24) is 4.90 Å². The number of aliphatic hydroxyl groups excluding tert-OH is 1. The normalized spacial score (nSPS) is 18.7. The molecule has 1 heterocycles. The Kier molecular flexibility index (Phi) is 4.43. The fraction of sp³-hybridized carbons (Fsp3) is 0.533. The first-order valence-electron chi connectivity index (χ1n) is 6.98. The molecule has 19 heavy (non-hydrogen) atoms. The lowest BCUT2D eigenvalue weighted by atomic mass is 10.1. The number of nitrogens with zero attached hydrogens (tertiary/aromatic N) is 2. The predicted molar refractivity (Wildman–Crippen MR) is 76.5 cm³/mol. The summed E-state index contributed by atoms with van der Waals surface area (Å²) >= 11 is 0. The van der Waals surface area contributed by atoms with Crippen molar-refractivity contribution in [2.45, 2.75) is 26.4 Å². The molecule has 104 valence electrons. The van der Waals surface area contributed by atoms with Crippen LogP contribution in [0.4, 0.5) is 5.69 Å². The number of carbonyl (C=O) groups excluding carboxylic acids is 1. The van der Waals surface area contributed by atoms with Crippen LogP contribution in [0, 0.1) is 0 Å². The van der Waals surface area contributed by atoms with Crippen LogP contribution in [0.2, 0.25) is 0 Å². The average Bonchev–Trinajstić information content (AvgIpc) is 2.87. The van der Waals surface area contributed by atoms with E-state index in [0.29, 0.717) is 25.1 Å². The molecule has 0 saturated carbocycles. The van der Waals surface area contributed by atoms with Crippen LogP contribution in [0.1, 0.15) is 30.6 Å². The van der Waals surface area contributed by atoms with E-state index in [2.05, 4.69) is 18.7 Å². The molecule has 1 aromatic carbocycles. The summed E-state index contributed by atoms with van der Waals surface area (Å²) in [6, 6.07) is 7.74. The number of likely N-dealkylation sites (tertiary alicyclic amines) is 1. The van der Waals surface area contributed by atoms with Crippen LogP contribution in [0.5, 0.6) is 0 Å².